The van der Waals surface area contributed by atoms with Crippen LogP contribution in [0.3, 0.4) is 0 Å². The van der Waals surface area contributed by atoms with Crippen LogP contribution in [0.4, 0.5) is 0 Å². The summed E-state index contributed by atoms with van der Waals surface area (Å²) in [6, 6.07) is 13.2. The number of thiocarbonyl (C=S) groups is 1. The first kappa shape index (κ1) is 20.0. The summed E-state index contributed by atoms with van der Waals surface area (Å²) >= 11 is 11.1. The van der Waals surface area contributed by atoms with Crippen molar-refractivity contribution >= 4 is 35.1 Å². The maximum Gasteiger partial charge on any atom is 0.186 e. The van der Waals surface area contributed by atoms with Crippen molar-refractivity contribution in [3.05, 3.63) is 58.6 Å². The Kier molecular flexibility index (Phi) is 8.18. The molecule has 0 amide bonds. The summed E-state index contributed by atoms with van der Waals surface area (Å²) in [5, 5.41) is 8.23. The number of nitrogens with one attached hydrogen (secondary N) is 2. The van der Waals surface area contributed by atoms with Gasteiger partial charge in [-0.1, -0.05) is 23.7 Å². The lowest BCUT2D eigenvalue weighted by molar-refractivity contribution is 0.269. The Morgan fingerprint density at radius 3 is 2.73 bits per heavy atom. The highest BCUT2D eigenvalue weighted by Gasteiger charge is 2.07. The number of ether oxygens (including phenoxy) is 2. The van der Waals surface area contributed by atoms with Gasteiger partial charge in [0.05, 0.1) is 12.8 Å². The molecule has 0 atom stereocenters. The molecule has 0 saturated heterocycles. The van der Waals surface area contributed by atoms with Gasteiger partial charge in [0.1, 0.15) is 6.61 Å². The number of benzene rings is 2. The predicted molar refractivity (Wildman–Crippen MR) is 110 cm³/mol. The van der Waals surface area contributed by atoms with E-state index in [-0.39, 0.29) is 0 Å². The van der Waals surface area contributed by atoms with Crippen molar-refractivity contribution in [3.63, 3.8) is 0 Å². The lowest BCUT2D eigenvalue weighted by atomic mass is 10.2. The second kappa shape index (κ2) is 10.6. The molecular formula is C19H22ClN3O2S. The lowest BCUT2D eigenvalue weighted by Crippen LogP contribution is -2.31. The number of hydrazone groups is 1. The third-order valence-electron chi connectivity index (χ3n) is 3.27. The minimum atomic E-state index is 0.409. The predicted octanol–water partition coefficient (Wildman–Crippen LogP) is 4.14. The van der Waals surface area contributed by atoms with Crippen molar-refractivity contribution in [1.29, 1.82) is 0 Å². The molecule has 0 aliphatic carbocycles. The molecule has 0 saturated carbocycles. The van der Waals surface area contributed by atoms with Gasteiger partial charge in [0, 0.05) is 11.6 Å². The molecule has 2 aromatic rings. The molecule has 26 heavy (non-hydrogen) atoms. The Labute approximate surface area is 164 Å². The highest BCUT2D eigenvalue weighted by atomic mass is 35.5. The van der Waals surface area contributed by atoms with Gasteiger partial charge in [-0.05, 0) is 67.5 Å². The summed E-state index contributed by atoms with van der Waals surface area (Å²) in [7, 11) is 0. The summed E-state index contributed by atoms with van der Waals surface area (Å²) in [6.07, 6.45) is 1.67. The summed E-state index contributed by atoms with van der Waals surface area (Å²) in [6.45, 7) is 5.59. The van der Waals surface area contributed by atoms with Gasteiger partial charge in [0.25, 0.3) is 0 Å². The number of rotatable bonds is 8. The van der Waals surface area contributed by atoms with Crippen molar-refractivity contribution < 1.29 is 9.47 Å². The fraction of sp³-hybridized carbons (Fsp3) is 0.263. The smallest absolute Gasteiger partial charge is 0.186 e. The van der Waals surface area contributed by atoms with Crippen molar-refractivity contribution in [2.45, 2.75) is 20.5 Å². The van der Waals surface area contributed by atoms with Crippen LogP contribution < -0.4 is 20.2 Å². The van der Waals surface area contributed by atoms with Crippen LogP contribution in [0.1, 0.15) is 25.0 Å². The molecule has 0 aliphatic heterocycles. The van der Waals surface area contributed by atoms with Gasteiger partial charge in [0.15, 0.2) is 16.6 Å². The minimum absolute atomic E-state index is 0.409. The molecule has 2 aromatic carbocycles. The first-order valence-corrected chi connectivity index (χ1v) is 9.12. The number of hydrogen-bond donors (Lipinski definition) is 2. The first-order chi connectivity index (χ1) is 12.6. The topological polar surface area (TPSA) is 54.9 Å². The van der Waals surface area contributed by atoms with Crippen LogP contribution in [0.25, 0.3) is 0 Å². The Morgan fingerprint density at radius 1 is 1.15 bits per heavy atom. The third-order valence-corrected chi connectivity index (χ3v) is 3.74. The van der Waals surface area contributed by atoms with Gasteiger partial charge in [-0.2, -0.15) is 5.10 Å². The lowest BCUT2D eigenvalue weighted by Gasteiger charge is -2.13. The molecule has 2 N–H and O–H groups in total. The second-order valence-corrected chi connectivity index (χ2v) is 6.13. The zero-order valence-corrected chi connectivity index (χ0v) is 16.4. The molecule has 0 spiro atoms. The van der Waals surface area contributed by atoms with E-state index in [0.717, 1.165) is 17.7 Å². The highest BCUT2D eigenvalue weighted by molar-refractivity contribution is 7.80. The zero-order valence-electron chi connectivity index (χ0n) is 14.8. The van der Waals surface area contributed by atoms with Crippen LogP contribution in [-0.4, -0.2) is 24.5 Å². The Morgan fingerprint density at radius 2 is 2.00 bits per heavy atom. The van der Waals surface area contributed by atoms with Gasteiger partial charge < -0.3 is 14.8 Å². The van der Waals surface area contributed by atoms with Gasteiger partial charge in [0.2, 0.25) is 0 Å². The van der Waals surface area contributed by atoms with E-state index in [1.165, 1.54) is 0 Å². The Balaban J connectivity index is 2.05. The fourth-order valence-corrected chi connectivity index (χ4v) is 2.56. The molecular weight excluding hydrogens is 370 g/mol. The van der Waals surface area contributed by atoms with E-state index < -0.39 is 0 Å². The van der Waals surface area contributed by atoms with Crippen molar-refractivity contribution in [2.75, 3.05) is 13.2 Å². The van der Waals surface area contributed by atoms with E-state index in [0.29, 0.717) is 34.8 Å². The number of nitrogens with zero attached hydrogens (tertiary/aromatic N) is 1. The van der Waals surface area contributed by atoms with Gasteiger partial charge in [-0.25, -0.2) is 0 Å². The molecule has 0 heterocycles. The molecule has 0 aromatic heterocycles. The summed E-state index contributed by atoms with van der Waals surface area (Å²) < 4.78 is 11.6. The van der Waals surface area contributed by atoms with Gasteiger partial charge in [-0.3, -0.25) is 5.43 Å². The molecule has 0 aliphatic rings. The highest BCUT2D eigenvalue weighted by Crippen LogP contribution is 2.29. The van der Waals surface area contributed by atoms with Crippen molar-refractivity contribution in [2.24, 2.45) is 5.10 Å². The second-order valence-electron chi connectivity index (χ2n) is 5.29. The average Bonchev–Trinajstić information content (AvgIpc) is 2.62. The molecule has 0 bridgehead atoms. The summed E-state index contributed by atoms with van der Waals surface area (Å²) in [4.78, 5) is 0. The van der Waals surface area contributed by atoms with Gasteiger partial charge in [-0.15, -0.1) is 0 Å². The average molecular weight is 392 g/mol. The van der Waals surface area contributed by atoms with Crippen molar-refractivity contribution in [3.8, 4) is 11.5 Å². The SMILES string of the molecule is CCNC(=S)N/N=C/c1ccc(OCc2cccc(Cl)c2)c(OCC)c1. The van der Waals surface area contributed by atoms with E-state index in [4.69, 9.17) is 33.3 Å². The maximum absolute atomic E-state index is 6.00. The van der Waals surface area contributed by atoms with Crippen LogP contribution >= 0.6 is 23.8 Å². The maximum atomic E-state index is 6.00. The van der Waals surface area contributed by atoms with E-state index in [2.05, 4.69) is 15.8 Å². The fourth-order valence-electron chi connectivity index (χ4n) is 2.15. The third kappa shape index (κ3) is 6.54. The zero-order chi connectivity index (χ0) is 18.8. The normalized spacial score (nSPS) is 10.6. The summed E-state index contributed by atoms with van der Waals surface area (Å²) in [5.41, 5.74) is 4.62. The van der Waals surface area contributed by atoms with Gasteiger partial charge >= 0.3 is 0 Å². The van der Waals surface area contributed by atoms with Crippen LogP contribution in [0.5, 0.6) is 11.5 Å². The quantitative estimate of drug-likeness (QED) is 0.402. The van der Waals surface area contributed by atoms with Crippen molar-refractivity contribution in [1.82, 2.24) is 10.7 Å². The monoisotopic (exact) mass is 391 g/mol. The van der Waals surface area contributed by atoms with E-state index in [1.807, 2.05) is 56.3 Å². The number of hydrogen-bond acceptors (Lipinski definition) is 4. The van der Waals surface area contributed by atoms with Crippen LogP contribution in [0, 0.1) is 0 Å². The number of halogens is 1. The van der Waals surface area contributed by atoms with E-state index in [9.17, 15) is 0 Å². The molecule has 0 unspecified atom stereocenters. The molecule has 0 fully saturated rings. The molecule has 7 heteroatoms. The van der Waals surface area contributed by atoms with E-state index >= 15 is 0 Å². The largest absolute Gasteiger partial charge is 0.490 e. The molecule has 2 rings (SSSR count). The molecule has 138 valence electrons. The van der Waals surface area contributed by atoms with E-state index in [1.54, 1.807) is 6.21 Å². The minimum Gasteiger partial charge on any atom is -0.490 e. The summed E-state index contributed by atoms with van der Waals surface area (Å²) in [5.74, 6) is 1.33. The molecule has 5 nitrogen and oxygen atoms in total. The van der Waals surface area contributed by atoms with Crippen LogP contribution in [-0.2, 0) is 6.61 Å². The Hall–Kier alpha value is -2.31. The Bertz CT molecular complexity index is 768. The first-order valence-electron chi connectivity index (χ1n) is 8.33. The van der Waals surface area contributed by atoms with Crippen LogP contribution in [0.2, 0.25) is 5.02 Å². The standard InChI is InChI=1S/C19H22ClN3O2S/c1-3-21-19(26)23-22-12-14-8-9-17(18(11-14)24-4-2)25-13-15-6-5-7-16(20)10-15/h5-12H,3-4,13H2,1-2H3,(H2,21,23,26)/b22-12+. The molecule has 0 radical (unpaired) electrons. The van der Waals surface area contributed by atoms with Crippen LogP contribution in [0.15, 0.2) is 47.6 Å².